The SMILES string of the molecule is Cc1cccnc1OCC1(N)CCCCCC1. The van der Waals surface area contributed by atoms with Crippen molar-refractivity contribution in [2.45, 2.75) is 51.0 Å². The number of hydrogen-bond donors (Lipinski definition) is 1. The van der Waals surface area contributed by atoms with Gasteiger partial charge in [-0.2, -0.15) is 0 Å². The summed E-state index contributed by atoms with van der Waals surface area (Å²) < 4.78 is 5.80. The molecule has 2 rings (SSSR count). The summed E-state index contributed by atoms with van der Waals surface area (Å²) in [5.41, 5.74) is 7.33. The molecule has 1 aromatic rings. The standard InChI is InChI=1S/C14H22N2O/c1-12-7-6-10-16-13(12)17-11-14(15)8-4-2-3-5-9-14/h6-7,10H,2-5,8-9,11,15H2,1H3. The zero-order chi connectivity index (χ0) is 12.1. The lowest BCUT2D eigenvalue weighted by atomic mass is 9.93. The molecule has 3 heteroatoms. The maximum atomic E-state index is 6.40. The van der Waals surface area contributed by atoms with E-state index in [0.717, 1.165) is 24.3 Å². The molecule has 0 amide bonds. The summed E-state index contributed by atoms with van der Waals surface area (Å²) in [6, 6.07) is 3.94. The predicted molar refractivity (Wildman–Crippen MR) is 69.1 cm³/mol. The van der Waals surface area contributed by atoms with Crippen LogP contribution < -0.4 is 10.5 Å². The van der Waals surface area contributed by atoms with Crippen LogP contribution >= 0.6 is 0 Å². The molecule has 1 fully saturated rings. The second-order valence-corrected chi connectivity index (χ2v) is 5.19. The van der Waals surface area contributed by atoms with Gasteiger partial charge in [0.25, 0.3) is 0 Å². The molecule has 0 aromatic carbocycles. The van der Waals surface area contributed by atoms with E-state index in [2.05, 4.69) is 4.98 Å². The molecule has 0 saturated heterocycles. The van der Waals surface area contributed by atoms with Gasteiger partial charge >= 0.3 is 0 Å². The Hall–Kier alpha value is -1.09. The number of aryl methyl sites for hydroxylation is 1. The number of ether oxygens (including phenoxy) is 1. The summed E-state index contributed by atoms with van der Waals surface area (Å²) in [5, 5.41) is 0. The molecule has 94 valence electrons. The summed E-state index contributed by atoms with van der Waals surface area (Å²) in [6.07, 6.45) is 8.96. The maximum absolute atomic E-state index is 6.40. The zero-order valence-electron chi connectivity index (χ0n) is 10.6. The Morgan fingerprint density at radius 3 is 2.65 bits per heavy atom. The van der Waals surface area contributed by atoms with Crippen molar-refractivity contribution in [1.82, 2.24) is 4.98 Å². The minimum atomic E-state index is -0.152. The van der Waals surface area contributed by atoms with Crippen molar-refractivity contribution in [3.05, 3.63) is 23.9 Å². The first-order valence-corrected chi connectivity index (χ1v) is 6.53. The number of aromatic nitrogens is 1. The normalized spacial score (nSPS) is 19.6. The second-order valence-electron chi connectivity index (χ2n) is 5.19. The van der Waals surface area contributed by atoms with Gasteiger partial charge in [0.1, 0.15) is 6.61 Å². The molecule has 0 unspecified atom stereocenters. The van der Waals surface area contributed by atoms with Gasteiger partial charge in [0, 0.05) is 11.8 Å². The number of nitrogens with zero attached hydrogens (tertiary/aromatic N) is 1. The average Bonchev–Trinajstić information content (AvgIpc) is 2.54. The third kappa shape index (κ3) is 3.43. The van der Waals surface area contributed by atoms with Crippen molar-refractivity contribution >= 4 is 0 Å². The Morgan fingerprint density at radius 2 is 2.00 bits per heavy atom. The van der Waals surface area contributed by atoms with Gasteiger partial charge in [-0.15, -0.1) is 0 Å². The summed E-state index contributed by atoms with van der Waals surface area (Å²) >= 11 is 0. The second kappa shape index (κ2) is 5.50. The molecular formula is C14H22N2O. The van der Waals surface area contributed by atoms with Crippen molar-refractivity contribution in [1.29, 1.82) is 0 Å². The lowest BCUT2D eigenvalue weighted by Crippen LogP contribution is -2.45. The van der Waals surface area contributed by atoms with Crippen LogP contribution in [0, 0.1) is 6.92 Å². The van der Waals surface area contributed by atoms with Crippen LogP contribution in [-0.4, -0.2) is 17.1 Å². The van der Waals surface area contributed by atoms with E-state index in [4.69, 9.17) is 10.5 Å². The van der Waals surface area contributed by atoms with Crippen LogP contribution in [0.2, 0.25) is 0 Å². The molecule has 1 saturated carbocycles. The van der Waals surface area contributed by atoms with E-state index in [9.17, 15) is 0 Å². The molecule has 0 radical (unpaired) electrons. The van der Waals surface area contributed by atoms with Crippen LogP contribution in [0.1, 0.15) is 44.1 Å². The van der Waals surface area contributed by atoms with Gasteiger partial charge in [0.15, 0.2) is 0 Å². The van der Waals surface area contributed by atoms with Crippen LogP contribution in [0.4, 0.5) is 0 Å². The van der Waals surface area contributed by atoms with Gasteiger partial charge in [0.05, 0.1) is 5.54 Å². The van der Waals surface area contributed by atoms with Crippen molar-refractivity contribution in [3.8, 4) is 5.88 Å². The molecular weight excluding hydrogens is 212 g/mol. The van der Waals surface area contributed by atoms with Crippen LogP contribution in [0.3, 0.4) is 0 Å². The molecule has 0 aliphatic heterocycles. The quantitative estimate of drug-likeness (QED) is 0.818. The molecule has 0 spiro atoms. The molecule has 3 nitrogen and oxygen atoms in total. The van der Waals surface area contributed by atoms with Gasteiger partial charge in [-0.05, 0) is 25.8 Å². The Balaban J connectivity index is 1.94. The van der Waals surface area contributed by atoms with Crippen molar-refractivity contribution in [3.63, 3.8) is 0 Å². The summed E-state index contributed by atoms with van der Waals surface area (Å²) in [4.78, 5) is 4.24. The Kier molecular flexibility index (Phi) is 4.00. The number of hydrogen-bond acceptors (Lipinski definition) is 3. The highest BCUT2D eigenvalue weighted by Crippen LogP contribution is 2.26. The lowest BCUT2D eigenvalue weighted by molar-refractivity contribution is 0.192. The predicted octanol–water partition coefficient (Wildman–Crippen LogP) is 2.82. The van der Waals surface area contributed by atoms with E-state index in [0.29, 0.717) is 6.61 Å². The molecule has 0 atom stereocenters. The topological polar surface area (TPSA) is 48.1 Å². The number of rotatable bonds is 3. The Morgan fingerprint density at radius 1 is 1.29 bits per heavy atom. The van der Waals surface area contributed by atoms with Gasteiger partial charge in [-0.3, -0.25) is 0 Å². The monoisotopic (exact) mass is 234 g/mol. The molecule has 2 N–H and O–H groups in total. The van der Waals surface area contributed by atoms with Gasteiger partial charge in [-0.1, -0.05) is 31.7 Å². The van der Waals surface area contributed by atoms with Crippen molar-refractivity contribution in [2.75, 3.05) is 6.61 Å². The summed E-state index contributed by atoms with van der Waals surface area (Å²) in [6.45, 7) is 2.60. The Bertz CT molecular complexity index is 357. The van der Waals surface area contributed by atoms with E-state index in [1.54, 1.807) is 6.20 Å². The molecule has 0 bridgehead atoms. The third-order valence-corrected chi connectivity index (χ3v) is 3.56. The highest BCUT2D eigenvalue weighted by atomic mass is 16.5. The average molecular weight is 234 g/mol. The minimum Gasteiger partial charge on any atom is -0.476 e. The molecule has 17 heavy (non-hydrogen) atoms. The molecule has 1 aromatic heterocycles. The van der Waals surface area contributed by atoms with E-state index >= 15 is 0 Å². The summed E-state index contributed by atoms with van der Waals surface area (Å²) in [5.74, 6) is 0.724. The van der Waals surface area contributed by atoms with Crippen LogP contribution in [-0.2, 0) is 0 Å². The zero-order valence-corrected chi connectivity index (χ0v) is 10.6. The van der Waals surface area contributed by atoms with E-state index in [1.165, 1.54) is 25.7 Å². The fourth-order valence-electron chi connectivity index (χ4n) is 2.41. The van der Waals surface area contributed by atoms with Gasteiger partial charge in [-0.25, -0.2) is 4.98 Å². The first kappa shape index (κ1) is 12.4. The van der Waals surface area contributed by atoms with Crippen LogP contribution in [0.15, 0.2) is 18.3 Å². The van der Waals surface area contributed by atoms with E-state index < -0.39 is 0 Å². The fourth-order valence-corrected chi connectivity index (χ4v) is 2.41. The summed E-state index contributed by atoms with van der Waals surface area (Å²) in [7, 11) is 0. The van der Waals surface area contributed by atoms with Crippen molar-refractivity contribution < 1.29 is 4.74 Å². The van der Waals surface area contributed by atoms with Gasteiger partial charge in [0.2, 0.25) is 5.88 Å². The van der Waals surface area contributed by atoms with E-state index in [-0.39, 0.29) is 5.54 Å². The fraction of sp³-hybridized carbons (Fsp3) is 0.643. The molecule has 1 aliphatic rings. The lowest BCUT2D eigenvalue weighted by Gasteiger charge is -2.27. The van der Waals surface area contributed by atoms with E-state index in [1.807, 2.05) is 19.1 Å². The van der Waals surface area contributed by atoms with Crippen LogP contribution in [0.5, 0.6) is 5.88 Å². The number of nitrogens with two attached hydrogens (primary N) is 1. The van der Waals surface area contributed by atoms with Crippen LogP contribution in [0.25, 0.3) is 0 Å². The first-order valence-electron chi connectivity index (χ1n) is 6.53. The van der Waals surface area contributed by atoms with Gasteiger partial charge < -0.3 is 10.5 Å². The highest BCUT2D eigenvalue weighted by molar-refractivity contribution is 5.23. The minimum absolute atomic E-state index is 0.152. The third-order valence-electron chi connectivity index (χ3n) is 3.56. The maximum Gasteiger partial charge on any atom is 0.216 e. The highest BCUT2D eigenvalue weighted by Gasteiger charge is 2.27. The largest absolute Gasteiger partial charge is 0.476 e. The van der Waals surface area contributed by atoms with Crippen molar-refractivity contribution in [2.24, 2.45) is 5.73 Å². The Labute approximate surface area is 103 Å². The smallest absolute Gasteiger partial charge is 0.216 e. The molecule has 1 aliphatic carbocycles. The number of pyridine rings is 1. The first-order chi connectivity index (χ1) is 8.20. The molecule has 1 heterocycles.